The summed E-state index contributed by atoms with van der Waals surface area (Å²) in [6, 6.07) is 9.55. The summed E-state index contributed by atoms with van der Waals surface area (Å²) < 4.78 is 0. The zero-order chi connectivity index (χ0) is 17.9. The van der Waals surface area contributed by atoms with E-state index in [2.05, 4.69) is 12.2 Å². The first-order valence-corrected chi connectivity index (χ1v) is 10.3. The topological polar surface area (TPSA) is 54.0 Å². The van der Waals surface area contributed by atoms with Crippen LogP contribution >= 0.6 is 0 Å². The molecule has 6 rings (SSSR count). The van der Waals surface area contributed by atoms with Crippen molar-refractivity contribution in [2.45, 2.75) is 64.0 Å². The van der Waals surface area contributed by atoms with Gasteiger partial charge in [0.25, 0.3) is 5.91 Å². The summed E-state index contributed by atoms with van der Waals surface area (Å²) in [5, 5.41) is 2.25. The molecule has 1 aliphatic heterocycles. The van der Waals surface area contributed by atoms with Crippen LogP contribution in [0.4, 0.5) is 5.69 Å². The summed E-state index contributed by atoms with van der Waals surface area (Å²) in [6.45, 7) is 2.32. The minimum Gasteiger partial charge on any atom is -0.333 e. The quantitative estimate of drug-likeness (QED) is 0.846. The molecule has 4 heteroatoms. The SMILES string of the molecule is C[C@@H]([NH2+][C@@H]1CC(=O)N(c2ccccc2)C1=O)C12CC3CC(CC(C3)C1)C2. The standard InChI is InChI=1S/C22H28N2O2/c1-14(22-11-15-7-16(12-22)9-17(8-15)13-22)23-19-10-20(25)24(21(19)26)18-5-3-2-4-6-18/h2-6,14-17,19,23H,7-13H2,1H3/p+1/t14-,15?,16?,17?,19-,22?/m1/s1. The monoisotopic (exact) mass is 353 g/mol. The summed E-state index contributed by atoms with van der Waals surface area (Å²) >= 11 is 0. The molecule has 1 saturated heterocycles. The lowest BCUT2D eigenvalue weighted by molar-refractivity contribution is -0.720. The Balaban J connectivity index is 1.32. The predicted molar refractivity (Wildman–Crippen MR) is 99.3 cm³/mol. The van der Waals surface area contributed by atoms with Crippen LogP contribution < -0.4 is 10.2 Å². The van der Waals surface area contributed by atoms with Gasteiger partial charge in [-0.05, 0) is 75.3 Å². The van der Waals surface area contributed by atoms with Crippen LogP contribution in [0.3, 0.4) is 0 Å². The minimum absolute atomic E-state index is 0.0298. The second-order valence-corrected chi connectivity index (χ2v) is 9.47. The second-order valence-electron chi connectivity index (χ2n) is 9.47. The Bertz CT molecular complexity index is 694. The summed E-state index contributed by atoms with van der Waals surface area (Å²) in [6.07, 6.45) is 8.68. The van der Waals surface area contributed by atoms with Gasteiger partial charge < -0.3 is 5.32 Å². The van der Waals surface area contributed by atoms with Crippen molar-refractivity contribution >= 4 is 17.5 Å². The predicted octanol–water partition coefficient (Wildman–Crippen LogP) is 2.49. The third kappa shape index (κ3) is 2.53. The van der Waals surface area contributed by atoms with E-state index in [-0.39, 0.29) is 17.9 Å². The molecule has 4 aliphatic carbocycles. The zero-order valence-electron chi connectivity index (χ0n) is 15.6. The van der Waals surface area contributed by atoms with Gasteiger partial charge >= 0.3 is 0 Å². The van der Waals surface area contributed by atoms with E-state index in [1.807, 2.05) is 30.3 Å². The van der Waals surface area contributed by atoms with Crippen LogP contribution in [-0.4, -0.2) is 23.9 Å². The van der Waals surface area contributed by atoms with Crippen molar-refractivity contribution < 1.29 is 14.9 Å². The van der Waals surface area contributed by atoms with E-state index >= 15 is 0 Å². The maximum absolute atomic E-state index is 13.0. The van der Waals surface area contributed by atoms with E-state index in [1.54, 1.807) is 0 Å². The largest absolute Gasteiger partial charge is 0.333 e. The van der Waals surface area contributed by atoms with Gasteiger partial charge in [-0.3, -0.25) is 9.59 Å². The number of quaternary nitrogens is 1. The van der Waals surface area contributed by atoms with E-state index < -0.39 is 0 Å². The highest BCUT2D eigenvalue weighted by atomic mass is 16.2. The van der Waals surface area contributed by atoms with E-state index in [0.29, 0.717) is 23.6 Å². The van der Waals surface area contributed by atoms with E-state index in [1.165, 1.54) is 43.4 Å². The van der Waals surface area contributed by atoms with Gasteiger partial charge in [0.1, 0.15) is 0 Å². The Hall–Kier alpha value is -1.68. The first-order valence-electron chi connectivity index (χ1n) is 10.3. The first-order chi connectivity index (χ1) is 12.5. The Morgan fingerprint density at radius 3 is 2.15 bits per heavy atom. The highest BCUT2D eigenvalue weighted by Gasteiger charge is 2.56. The summed E-state index contributed by atoms with van der Waals surface area (Å²) in [7, 11) is 0. The number of para-hydroxylation sites is 1. The third-order valence-electron chi connectivity index (χ3n) is 7.77. The number of imide groups is 1. The fraction of sp³-hybridized carbons (Fsp3) is 0.636. The maximum atomic E-state index is 13.0. The van der Waals surface area contributed by atoms with Crippen LogP contribution in [-0.2, 0) is 9.59 Å². The van der Waals surface area contributed by atoms with Crippen molar-refractivity contribution in [1.29, 1.82) is 0 Å². The van der Waals surface area contributed by atoms with Crippen molar-refractivity contribution in [1.82, 2.24) is 0 Å². The summed E-state index contributed by atoms with van der Waals surface area (Å²) in [5.41, 5.74) is 1.11. The lowest BCUT2D eigenvalue weighted by Gasteiger charge is -2.58. The summed E-state index contributed by atoms with van der Waals surface area (Å²) in [4.78, 5) is 26.9. The van der Waals surface area contributed by atoms with Gasteiger partial charge in [-0.25, -0.2) is 4.90 Å². The molecule has 4 saturated carbocycles. The highest BCUT2D eigenvalue weighted by molar-refractivity contribution is 6.21. The van der Waals surface area contributed by atoms with Crippen molar-refractivity contribution in [3.05, 3.63) is 30.3 Å². The molecule has 4 bridgehead atoms. The molecule has 26 heavy (non-hydrogen) atoms. The Morgan fingerprint density at radius 2 is 1.58 bits per heavy atom. The van der Waals surface area contributed by atoms with Crippen molar-refractivity contribution in [3.63, 3.8) is 0 Å². The molecule has 5 aliphatic rings. The molecule has 5 fully saturated rings. The van der Waals surface area contributed by atoms with Gasteiger partial charge in [-0.1, -0.05) is 18.2 Å². The smallest absolute Gasteiger partial charge is 0.292 e. The normalized spacial score (nSPS) is 39.7. The lowest BCUT2D eigenvalue weighted by Crippen LogP contribution is -2.98. The number of hydrogen-bond acceptors (Lipinski definition) is 2. The molecule has 0 unspecified atom stereocenters. The number of nitrogens with two attached hydrogens (primary N) is 1. The molecule has 1 aromatic carbocycles. The molecule has 2 amide bonds. The van der Waals surface area contributed by atoms with Gasteiger partial charge in [0, 0.05) is 5.41 Å². The molecule has 0 radical (unpaired) electrons. The van der Waals surface area contributed by atoms with Gasteiger partial charge in [-0.15, -0.1) is 0 Å². The number of carbonyl (C=O) groups excluding carboxylic acids is 2. The van der Waals surface area contributed by atoms with Gasteiger partial charge in [0.2, 0.25) is 5.91 Å². The van der Waals surface area contributed by atoms with Crippen molar-refractivity contribution in [2.75, 3.05) is 4.90 Å². The Labute approximate surface area is 155 Å². The average Bonchev–Trinajstić information content (AvgIpc) is 2.88. The Kier molecular flexibility index (Phi) is 3.75. The molecule has 138 valence electrons. The second kappa shape index (κ2) is 5.91. The number of rotatable bonds is 4. The lowest BCUT2D eigenvalue weighted by atomic mass is 9.48. The van der Waals surface area contributed by atoms with Crippen LogP contribution in [0.25, 0.3) is 0 Å². The summed E-state index contributed by atoms with van der Waals surface area (Å²) in [5.74, 6) is 2.66. The van der Waals surface area contributed by atoms with E-state index in [9.17, 15) is 9.59 Å². The van der Waals surface area contributed by atoms with Crippen LogP contribution in [0, 0.1) is 23.2 Å². The minimum atomic E-state index is -0.245. The molecule has 2 atom stereocenters. The number of carbonyl (C=O) groups is 2. The highest BCUT2D eigenvalue weighted by Crippen LogP contribution is 2.60. The molecule has 0 aromatic heterocycles. The molecule has 0 spiro atoms. The van der Waals surface area contributed by atoms with E-state index in [0.717, 1.165) is 17.8 Å². The molecule has 1 heterocycles. The van der Waals surface area contributed by atoms with E-state index in [4.69, 9.17) is 0 Å². The number of hydrogen-bond donors (Lipinski definition) is 1. The zero-order valence-corrected chi connectivity index (χ0v) is 15.6. The van der Waals surface area contributed by atoms with Crippen molar-refractivity contribution in [2.24, 2.45) is 23.2 Å². The van der Waals surface area contributed by atoms with Gasteiger partial charge in [0.05, 0.1) is 18.2 Å². The number of amides is 2. The fourth-order valence-corrected chi connectivity index (χ4v) is 6.94. The van der Waals surface area contributed by atoms with Crippen LogP contribution in [0.5, 0.6) is 0 Å². The molecular formula is C22H29N2O2+. The third-order valence-corrected chi connectivity index (χ3v) is 7.77. The maximum Gasteiger partial charge on any atom is 0.292 e. The van der Waals surface area contributed by atoms with Crippen LogP contribution in [0.2, 0.25) is 0 Å². The Morgan fingerprint density at radius 1 is 1.00 bits per heavy atom. The first kappa shape index (κ1) is 16.5. The van der Waals surface area contributed by atoms with Crippen molar-refractivity contribution in [3.8, 4) is 0 Å². The average molecular weight is 353 g/mol. The fourth-order valence-electron chi connectivity index (χ4n) is 6.94. The molecule has 1 aromatic rings. The number of anilines is 1. The van der Waals surface area contributed by atoms with Crippen LogP contribution in [0.1, 0.15) is 51.9 Å². The molecule has 4 nitrogen and oxygen atoms in total. The van der Waals surface area contributed by atoms with Gasteiger partial charge in [0.15, 0.2) is 6.04 Å². The number of benzene rings is 1. The van der Waals surface area contributed by atoms with Gasteiger partial charge in [-0.2, -0.15) is 0 Å². The van der Waals surface area contributed by atoms with Crippen LogP contribution in [0.15, 0.2) is 30.3 Å². The molecule has 2 N–H and O–H groups in total. The molecular weight excluding hydrogens is 324 g/mol. The number of nitrogens with zero attached hydrogens (tertiary/aromatic N) is 1.